The van der Waals surface area contributed by atoms with Crippen LogP contribution in [0.15, 0.2) is 11.6 Å². The monoisotopic (exact) mass is 344 g/mol. The van der Waals surface area contributed by atoms with E-state index in [9.17, 15) is 4.79 Å². The highest BCUT2D eigenvalue weighted by molar-refractivity contribution is 5.91. The molecule has 142 valence electrons. The average molecular weight is 345 g/mol. The first-order chi connectivity index (χ1) is 11.9. The molecule has 4 aliphatic carbocycles. The fraction of sp³-hybridized carbons (Fsp3) is 0.875. The van der Waals surface area contributed by atoms with Crippen LogP contribution in [0.5, 0.6) is 0 Å². The first-order valence-electron chi connectivity index (χ1n) is 11.1. The van der Waals surface area contributed by atoms with Crippen LogP contribution in [-0.2, 0) is 4.79 Å². The minimum absolute atomic E-state index is 0.341. The van der Waals surface area contributed by atoms with E-state index in [4.69, 9.17) is 0 Å². The topological polar surface area (TPSA) is 17.1 Å². The number of allylic oxidation sites excluding steroid dienone is 1. The summed E-state index contributed by atoms with van der Waals surface area (Å²) in [6.45, 7) is 14.0. The lowest BCUT2D eigenvalue weighted by Crippen LogP contribution is -2.50. The second-order valence-electron chi connectivity index (χ2n) is 9.94. The van der Waals surface area contributed by atoms with Gasteiger partial charge in [0.2, 0.25) is 0 Å². The van der Waals surface area contributed by atoms with Crippen LogP contribution in [0.2, 0.25) is 0 Å². The summed E-state index contributed by atoms with van der Waals surface area (Å²) in [6.07, 6.45) is 12.3. The first kappa shape index (κ1) is 19.2. The van der Waals surface area contributed by atoms with Crippen molar-refractivity contribution >= 4 is 5.78 Å². The Balaban J connectivity index is 0.000000880. The van der Waals surface area contributed by atoms with Gasteiger partial charge in [-0.05, 0) is 91.4 Å². The quantitative estimate of drug-likeness (QED) is 0.510. The maximum Gasteiger partial charge on any atom is 0.155 e. The molecule has 3 fully saturated rings. The van der Waals surface area contributed by atoms with Crippen molar-refractivity contribution < 1.29 is 4.79 Å². The number of carbonyl (C=O) groups excluding carboxylic acids is 1. The molecule has 6 atom stereocenters. The number of ketones is 1. The zero-order chi connectivity index (χ0) is 18.4. The van der Waals surface area contributed by atoms with Crippen molar-refractivity contribution in [2.45, 2.75) is 92.9 Å². The van der Waals surface area contributed by atoms with Gasteiger partial charge in [0, 0.05) is 6.42 Å². The summed E-state index contributed by atoms with van der Waals surface area (Å²) in [7, 11) is 0. The van der Waals surface area contributed by atoms with Gasteiger partial charge in [0.15, 0.2) is 5.78 Å². The van der Waals surface area contributed by atoms with E-state index in [1.54, 1.807) is 0 Å². The van der Waals surface area contributed by atoms with Crippen molar-refractivity contribution in [3.05, 3.63) is 11.6 Å². The molecule has 0 heterocycles. The normalized spacial score (nSPS) is 45.7. The van der Waals surface area contributed by atoms with Gasteiger partial charge in [-0.2, -0.15) is 0 Å². The number of hydrogen-bond donors (Lipinski definition) is 0. The third-order valence-electron chi connectivity index (χ3n) is 8.84. The molecule has 4 rings (SSSR count). The summed E-state index contributed by atoms with van der Waals surface area (Å²) in [5, 5.41) is 0. The van der Waals surface area contributed by atoms with Crippen molar-refractivity contribution in [2.24, 2.45) is 40.4 Å². The maximum atomic E-state index is 11.9. The fourth-order valence-electron chi connectivity index (χ4n) is 7.69. The molecular weight excluding hydrogens is 304 g/mol. The lowest BCUT2D eigenvalue weighted by molar-refractivity contribution is -0.117. The van der Waals surface area contributed by atoms with Crippen LogP contribution in [0, 0.1) is 40.4 Å². The molecule has 0 aromatic carbocycles. The van der Waals surface area contributed by atoms with Gasteiger partial charge in [-0.25, -0.2) is 0 Å². The van der Waals surface area contributed by atoms with E-state index in [1.165, 1.54) is 44.1 Å². The van der Waals surface area contributed by atoms with Gasteiger partial charge < -0.3 is 0 Å². The number of hydrogen-bond acceptors (Lipinski definition) is 1. The van der Waals surface area contributed by atoms with Gasteiger partial charge in [0.25, 0.3) is 0 Å². The highest BCUT2D eigenvalue weighted by Crippen LogP contribution is 2.67. The largest absolute Gasteiger partial charge is 0.295 e. The molecule has 0 saturated heterocycles. The summed E-state index contributed by atoms with van der Waals surface area (Å²) < 4.78 is 0. The SMILES string of the molecule is CC.CC(C)C1CCC2C3CCC4=CC(=O)CC[C@]4(C)C3CC[C@]12C. The molecule has 3 saturated carbocycles. The van der Waals surface area contributed by atoms with E-state index < -0.39 is 0 Å². The molecule has 4 aliphatic rings. The van der Waals surface area contributed by atoms with Crippen molar-refractivity contribution in [3.63, 3.8) is 0 Å². The highest BCUT2D eigenvalue weighted by Gasteiger charge is 2.59. The van der Waals surface area contributed by atoms with Crippen LogP contribution in [0.25, 0.3) is 0 Å². The second-order valence-corrected chi connectivity index (χ2v) is 9.94. The molecule has 0 aliphatic heterocycles. The van der Waals surface area contributed by atoms with E-state index in [0.717, 1.165) is 42.4 Å². The van der Waals surface area contributed by atoms with E-state index >= 15 is 0 Å². The summed E-state index contributed by atoms with van der Waals surface area (Å²) in [4.78, 5) is 11.9. The Morgan fingerprint density at radius 3 is 2.36 bits per heavy atom. The fourth-order valence-corrected chi connectivity index (χ4v) is 7.69. The Morgan fingerprint density at radius 2 is 1.68 bits per heavy atom. The van der Waals surface area contributed by atoms with Crippen molar-refractivity contribution in [1.82, 2.24) is 0 Å². The predicted octanol–water partition coefficient (Wildman–Crippen LogP) is 6.82. The molecule has 4 unspecified atom stereocenters. The molecular formula is C24H40O. The van der Waals surface area contributed by atoms with Gasteiger partial charge in [0.1, 0.15) is 0 Å². The number of carbonyl (C=O) groups is 1. The van der Waals surface area contributed by atoms with E-state index in [-0.39, 0.29) is 0 Å². The molecule has 0 bridgehead atoms. The Kier molecular flexibility index (Phi) is 5.26. The van der Waals surface area contributed by atoms with Crippen LogP contribution in [0.1, 0.15) is 92.9 Å². The van der Waals surface area contributed by atoms with Gasteiger partial charge >= 0.3 is 0 Å². The molecule has 1 heteroatoms. The lowest BCUT2D eigenvalue weighted by atomic mass is 9.46. The minimum Gasteiger partial charge on any atom is -0.295 e. The molecule has 0 aromatic heterocycles. The van der Waals surface area contributed by atoms with Crippen LogP contribution in [0.3, 0.4) is 0 Å². The number of rotatable bonds is 1. The molecule has 25 heavy (non-hydrogen) atoms. The lowest BCUT2D eigenvalue weighted by Gasteiger charge is -2.58. The zero-order valence-electron chi connectivity index (χ0n) is 17.5. The van der Waals surface area contributed by atoms with Crippen LogP contribution in [-0.4, -0.2) is 5.78 Å². The molecule has 0 N–H and O–H groups in total. The molecule has 0 aromatic rings. The Bertz CT molecular complexity index is 544. The third kappa shape index (κ3) is 2.85. The Morgan fingerprint density at radius 1 is 0.960 bits per heavy atom. The summed E-state index contributed by atoms with van der Waals surface area (Å²) in [6, 6.07) is 0. The van der Waals surface area contributed by atoms with Crippen LogP contribution in [0.4, 0.5) is 0 Å². The first-order valence-corrected chi connectivity index (χ1v) is 11.1. The van der Waals surface area contributed by atoms with Gasteiger partial charge in [-0.15, -0.1) is 0 Å². The second kappa shape index (κ2) is 6.86. The summed E-state index contributed by atoms with van der Waals surface area (Å²) in [5.74, 6) is 4.88. The Hall–Kier alpha value is -0.590. The van der Waals surface area contributed by atoms with E-state index in [1.807, 2.05) is 19.9 Å². The molecule has 0 radical (unpaired) electrons. The van der Waals surface area contributed by atoms with Gasteiger partial charge in [0.05, 0.1) is 0 Å². The third-order valence-corrected chi connectivity index (χ3v) is 8.84. The number of fused-ring (bicyclic) bond motifs is 5. The van der Waals surface area contributed by atoms with Gasteiger partial charge in [-0.3, -0.25) is 4.79 Å². The van der Waals surface area contributed by atoms with Crippen LogP contribution < -0.4 is 0 Å². The predicted molar refractivity (Wildman–Crippen MR) is 106 cm³/mol. The van der Waals surface area contributed by atoms with E-state index in [2.05, 4.69) is 27.7 Å². The minimum atomic E-state index is 0.341. The van der Waals surface area contributed by atoms with Crippen molar-refractivity contribution in [1.29, 1.82) is 0 Å². The van der Waals surface area contributed by atoms with Crippen molar-refractivity contribution in [3.8, 4) is 0 Å². The summed E-state index contributed by atoms with van der Waals surface area (Å²) >= 11 is 0. The van der Waals surface area contributed by atoms with Crippen LogP contribution >= 0.6 is 0 Å². The summed E-state index contributed by atoms with van der Waals surface area (Å²) in [5.41, 5.74) is 2.45. The molecule has 1 nitrogen and oxygen atoms in total. The van der Waals surface area contributed by atoms with E-state index in [0.29, 0.717) is 16.6 Å². The average Bonchev–Trinajstić information content (AvgIpc) is 2.95. The maximum absolute atomic E-state index is 11.9. The van der Waals surface area contributed by atoms with Crippen molar-refractivity contribution in [2.75, 3.05) is 0 Å². The molecule has 0 amide bonds. The highest BCUT2D eigenvalue weighted by atomic mass is 16.1. The van der Waals surface area contributed by atoms with Gasteiger partial charge in [-0.1, -0.05) is 47.1 Å². The molecule has 0 spiro atoms. The zero-order valence-corrected chi connectivity index (χ0v) is 17.5. The Labute approximate surface area is 156 Å². The smallest absolute Gasteiger partial charge is 0.155 e. The standard InChI is InChI=1S/C22H34O.C2H6/c1-14(2)18-7-8-19-17-6-5-15-13-16(23)9-11-21(15,3)20(17)10-12-22(18,19)4;1-2/h13-14,17-20H,5-12H2,1-4H3;1-2H3/t17?,18?,19?,20?,21-,22+;/m0./s1.